The fraction of sp³-hybridized carbons (Fsp3) is 0.385. The van der Waals surface area contributed by atoms with Crippen molar-refractivity contribution in [3.63, 3.8) is 0 Å². The van der Waals surface area contributed by atoms with E-state index in [1.165, 1.54) is 4.68 Å². The van der Waals surface area contributed by atoms with Gasteiger partial charge in [0.15, 0.2) is 0 Å². The summed E-state index contributed by atoms with van der Waals surface area (Å²) in [6.45, 7) is 2.08. The first-order valence-corrected chi connectivity index (χ1v) is 6.27. The number of para-hydroxylation sites is 1. The summed E-state index contributed by atoms with van der Waals surface area (Å²) in [6, 6.07) is 9.48. The minimum Gasteiger partial charge on any atom is -0.316 e. The van der Waals surface area contributed by atoms with E-state index in [2.05, 4.69) is 15.4 Å². The summed E-state index contributed by atoms with van der Waals surface area (Å²) in [4.78, 5) is 14.7. The van der Waals surface area contributed by atoms with Gasteiger partial charge in [-0.15, -0.1) is 0 Å². The van der Waals surface area contributed by atoms with Gasteiger partial charge in [0.25, 0.3) is 0 Å². The number of H-pyrrole nitrogens is 1. The van der Waals surface area contributed by atoms with E-state index >= 15 is 0 Å². The van der Waals surface area contributed by atoms with Crippen LogP contribution in [0, 0.1) is 5.92 Å². The second-order valence-corrected chi connectivity index (χ2v) is 4.69. The van der Waals surface area contributed by atoms with Crippen molar-refractivity contribution in [3.05, 3.63) is 46.6 Å². The van der Waals surface area contributed by atoms with Crippen LogP contribution in [0.4, 0.5) is 0 Å². The van der Waals surface area contributed by atoms with E-state index < -0.39 is 0 Å². The Balaban J connectivity index is 1.84. The second-order valence-electron chi connectivity index (χ2n) is 4.69. The van der Waals surface area contributed by atoms with Crippen LogP contribution in [0.15, 0.2) is 35.1 Å². The van der Waals surface area contributed by atoms with Gasteiger partial charge in [-0.25, -0.2) is 4.79 Å². The van der Waals surface area contributed by atoms with Crippen LogP contribution in [0.3, 0.4) is 0 Å². The molecule has 1 unspecified atom stereocenters. The maximum Gasteiger partial charge on any atom is 0.348 e. The van der Waals surface area contributed by atoms with E-state index in [0.717, 1.165) is 37.4 Å². The van der Waals surface area contributed by atoms with Gasteiger partial charge in [0.05, 0.1) is 5.69 Å². The van der Waals surface area contributed by atoms with Crippen molar-refractivity contribution in [2.24, 2.45) is 5.92 Å². The quantitative estimate of drug-likeness (QED) is 0.836. The van der Waals surface area contributed by atoms with Gasteiger partial charge in [0, 0.05) is 6.42 Å². The molecule has 1 aliphatic rings. The van der Waals surface area contributed by atoms with Crippen LogP contribution in [0.5, 0.6) is 0 Å². The lowest BCUT2D eigenvalue weighted by Crippen LogP contribution is -2.15. The van der Waals surface area contributed by atoms with E-state index in [4.69, 9.17) is 0 Å². The van der Waals surface area contributed by atoms with Gasteiger partial charge in [0.1, 0.15) is 5.82 Å². The van der Waals surface area contributed by atoms with Crippen molar-refractivity contribution in [2.45, 2.75) is 12.8 Å². The normalized spacial score (nSPS) is 19.2. The summed E-state index contributed by atoms with van der Waals surface area (Å²) >= 11 is 0. The van der Waals surface area contributed by atoms with Crippen molar-refractivity contribution >= 4 is 0 Å². The third-order valence-electron chi connectivity index (χ3n) is 3.31. The number of aromatic nitrogens is 3. The van der Waals surface area contributed by atoms with E-state index in [-0.39, 0.29) is 5.69 Å². The molecule has 3 rings (SSSR count). The third-order valence-corrected chi connectivity index (χ3v) is 3.31. The van der Waals surface area contributed by atoms with E-state index in [9.17, 15) is 4.79 Å². The largest absolute Gasteiger partial charge is 0.348 e. The highest BCUT2D eigenvalue weighted by molar-refractivity contribution is 5.29. The summed E-state index contributed by atoms with van der Waals surface area (Å²) in [5.74, 6) is 1.36. The third kappa shape index (κ3) is 2.22. The fourth-order valence-electron chi connectivity index (χ4n) is 2.37. The van der Waals surface area contributed by atoms with Crippen LogP contribution < -0.4 is 11.0 Å². The minimum atomic E-state index is -0.165. The van der Waals surface area contributed by atoms with Gasteiger partial charge in [-0.3, -0.25) is 4.98 Å². The lowest BCUT2D eigenvalue weighted by molar-refractivity contribution is 0.560. The summed E-state index contributed by atoms with van der Waals surface area (Å²) in [7, 11) is 0. The second kappa shape index (κ2) is 4.78. The molecule has 1 fully saturated rings. The smallest absolute Gasteiger partial charge is 0.316 e. The molecule has 1 saturated heterocycles. The zero-order valence-electron chi connectivity index (χ0n) is 10.1. The highest BCUT2D eigenvalue weighted by Crippen LogP contribution is 2.12. The van der Waals surface area contributed by atoms with Gasteiger partial charge >= 0.3 is 5.69 Å². The summed E-state index contributed by atoms with van der Waals surface area (Å²) in [5.41, 5.74) is 0.636. The Kier molecular flexibility index (Phi) is 2.98. The van der Waals surface area contributed by atoms with Crippen molar-refractivity contribution in [3.8, 4) is 5.69 Å². The zero-order chi connectivity index (χ0) is 12.4. The van der Waals surface area contributed by atoms with Crippen LogP contribution in [0.25, 0.3) is 5.69 Å². The van der Waals surface area contributed by atoms with E-state index in [0.29, 0.717) is 5.92 Å². The van der Waals surface area contributed by atoms with E-state index in [1.807, 2.05) is 30.3 Å². The molecule has 1 aliphatic heterocycles. The van der Waals surface area contributed by atoms with Crippen LogP contribution in [-0.2, 0) is 6.42 Å². The SMILES string of the molecule is O=c1[nH]c(CC2CCNC2)nn1-c1ccccc1. The van der Waals surface area contributed by atoms with Gasteiger partial charge in [0.2, 0.25) is 0 Å². The predicted octanol–water partition coefficient (Wildman–Crippen LogP) is 0.713. The Hall–Kier alpha value is -1.88. The molecule has 1 aromatic heterocycles. The lowest BCUT2D eigenvalue weighted by Gasteiger charge is -2.03. The molecule has 5 heteroatoms. The fourth-order valence-corrected chi connectivity index (χ4v) is 2.37. The first-order valence-electron chi connectivity index (χ1n) is 6.27. The summed E-state index contributed by atoms with van der Waals surface area (Å²) in [6.07, 6.45) is 1.99. The number of aromatic amines is 1. The highest BCUT2D eigenvalue weighted by Gasteiger charge is 2.17. The van der Waals surface area contributed by atoms with Crippen LogP contribution >= 0.6 is 0 Å². The molecule has 0 radical (unpaired) electrons. The zero-order valence-corrected chi connectivity index (χ0v) is 10.1. The molecule has 0 spiro atoms. The van der Waals surface area contributed by atoms with E-state index in [1.54, 1.807) is 0 Å². The number of hydrogen-bond acceptors (Lipinski definition) is 3. The van der Waals surface area contributed by atoms with Crippen molar-refractivity contribution in [2.75, 3.05) is 13.1 Å². The first kappa shape index (κ1) is 11.2. The number of benzene rings is 1. The maximum absolute atomic E-state index is 11.8. The number of hydrogen-bond donors (Lipinski definition) is 2. The molecule has 2 N–H and O–H groups in total. The summed E-state index contributed by atoms with van der Waals surface area (Å²) in [5, 5.41) is 7.68. The van der Waals surface area contributed by atoms with Gasteiger partial charge in [-0.1, -0.05) is 18.2 Å². The summed E-state index contributed by atoms with van der Waals surface area (Å²) < 4.78 is 1.43. The lowest BCUT2D eigenvalue weighted by atomic mass is 10.1. The molecular weight excluding hydrogens is 228 g/mol. The predicted molar refractivity (Wildman–Crippen MR) is 68.9 cm³/mol. The molecule has 0 aliphatic carbocycles. The molecular formula is C13H16N4O. The Morgan fingerprint density at radius 2 is 2.17 bits per heavy atom. The molecule has 2 aromatic rings. The Labute approximate surface area is 105 Å². The van der Waals surface area contributed by atoms with Crippen LogP contribution in [-0.4, -0.2) is 27.9 Å². The average molecular weight is 244 g/mol. The topological polar surface area (TPSA) is 62.7 Å². The molecule has 0 amide bonds. The molecule has 0 saturated carbocycles. The Morgan fingerprint density at radius 3 is 2.89 bits per heavy atom. The molecule has 1 atom stereocenters. The Morgan fingerprint density at radius 1 is 1.33 bits per heavy atom. The molecule has 5 nitrogen and oxygen atoms in total. The first-order chi connectivity index (χ1) is 8.83. The molecule has 94 valence electrons. The van der Waals surface area contributed by atoms with Crippen LogP contribution in [0.2, 0.25) is 0 Å². The number of nitrogens with one attached hydrogen (secondary N) is 2. The minimum absolute atomic E-state index is 0.165. The standard InChI is InChI=1S/C13H16N4O/c18-13-15-12(8-10-6-7-14-9-10)16-17(13)11-4-2-1-3-5-11/h1-5,10,14H,6-9H2,(H,15,16,18). The highest BCUT2D eigenvalue weighted by atomic mass is 16.1. The average Bonchev–Trinajstić information content (AvgIpc) is 3.01. The van der Waals surface area contributed by atoms with Gasteiger partial charge in [-0.2, -0.15) is 9.78 Å². The molecule has 18 heavy (non-hydrogen) atoms. The molecule has 1 aromatic carbocycles. The number of rotatable bonds is 3. The maximum atomic E-state index is 11.8. The van der Waals surface area contributed by atoms with Crippen LogP contribution in [0.1, 0.15) is 12.2 Å². The van der Waals surface area contributed by atoms with Gasteiger partial charge < -0.3 is 5.32 Å². The van der Waals surface area contributed by atoms with Crippen molar-refractivity contribution in [1.29, 1.82) is 0 Å². The van der Waals surface area contributed by atoms with Crippen molar-refractivity contribution in [1.82, 2.24) is 20.1 Å². The van der Waals surface area contributed by atoms with Gasteiger partial charge in [-0.05, 0) is 37.6 Å². The number of nitrogens with zero attached hydrogens (tertiary/aromatic N) is 2. The molecule has 2 heterocycles. The monoisotopic (exact) mass is 244 g/mol. The molecule has 0 bridgehead atoms. The Bertz CT molecular complexity index is 566. The van der Waals surface area contributed by atoms with Crippen molar-refractivity contribution < 1.29 is 0 Å².